The number of rotatable bonds is 2. The topological polar surface area (TPSA) is 67.6 Å². The molecule has 1 atom stereocenters. The van der Waals surface area contributed by atoms with Crippen LogP contribution in [0.5, 0.6) is 0 Å². The first kappa shape index (κ1) is 8.67. The molecule has 1 heterocycles. The average molecular weight is 219 g/mol. The van der Waals surface area contributed by atoms with Gasteiger partial charge in [0, 0.05) is 0 Å². The van der Waals surface area contributed by atoms with Crippen LogP contribution in [0.25, 0.3) is 0 Å². The predicted molar refractivity (Wildman–Crippen MR) is 45.8 cm³/mol. The lowest BCUT2D eigenvalue weighted by Gasteiger charge is -2.10. The smallest absolute Gasteiger partial charge is 0.217 e. The summed E-state index contributed by atoms with van der Waals surface area (Å²) in [5.74, 6) is 1.10. The molecule has 0 aromatic carbocycles. The number of aromatic nitrogens is 3. The third-order valence-corrected chi connectivity index (χ3v) is 1.86. The maximum Gasteiger partial charge on any atom is 0.217 e. The van der Waals surface area contributed by atoms with Crippen LogP contribution in [0.3, 0.4) is 0 Å². The van der Waals surface area contributed by atoms with Gasteiger partial charge in [0.1, 0.15) is 5.82 Å². The maximum absolute atomic E-state index is 5.80. The predicted octanol–water partition coefficient (Wildman–Crippen LogP) is 1.22. The van der Waals surface area contributed by atoms with E-state index < -0.39 is 0 Å². The Morgan fingerprint density at radius 3 is 2.55 bits per heavy atom. The summed E-state index contributed by atoms with van der Waals surface area (Å²) in [6.07, 6.45) is 0. The van der Waals surface area contributed by atoms with Gasteiger partial charge in [-0.15, -0.1) is 5.10 Å². The summed E-state index contributed by atoms with van der Waals surface area (Å²) < 4.78 is 0.559. The van der Waals surface area contributed by atoms with Crippen molar-refractivity contribution in [2.45, 2.75) is 19.9 Å². The van der Waals surface area contributed by atoms with Crippen LogP contribution >= 0.6 is 15.9 Å². The van der Waals surface area contributed by atoms with Gasteiger partial charge in [-0.25, -0.2) is 4.98 Å². The number of hydrogen-bond donors (Lipinski definition) is 2. The summed E-state index contributed by atoms with van der Waals surface area (Å²) in [6, 6.07) is -0.0613. The molecule has 0 bridgehead atoms. The molecular formula is C6H11BrN4. The van der Waals surface area contributed by atoms with Gasteiger partial charge in [0.05, 0.1) is 6.04 Å². The Balaban J connectivity index is 2.76. The van der Waals surface area contributed by atoms with Gasteiger partial charge in [0.2, 0.25) is 4.73 Å². The van der Waals surface area contributed by atoms with Gasteiger partial charge in [0.15, 0.2) is 0 Å². The number of nitrogens with one attached hydrogen (secondary N) is 1. The molecule has 3 N–H and O–H groups in total. The first-order valence-electron chi connectivity index (χ1n) is 3.44. The molecule has 0 amide bonds. The van der Waals surface area contributed by atoms with Crippen molar-refractivity contribution >= 4 is 15.9 Å². The zero-order valence-electron chi connectivity index (χ0n) is 6.50. The lowest BCUT2D eigenvalue weighted by Crippen LogP contribution is -2.18. The van der Waals surface area contributed by atoms with Crippen molar-refractivity contribution in [3.63, 3.8) is 0 Å². The molecule has 1 aromatic heterocycles. The molecule has 0 aliphatic heterocycles. The number of halogens is 1. The van der Waals surface area contributed by atoms with Gasteiger partial charge in [-0.1, -0.05) is 13.8 Å². The summed E-state index contributed by atoms with van der Waals surface area (Å²) >= 11 is 3.14. The van der Waals surface area contributed by atoms with Crippen LogP contribution in [0.15, 0.2) is 4.73 Å². The van der Waals surface area contributed by atoms with Crippen LogP contribution < -0.4 is 5.73 Å². The second-order valence-corrected chi connectivity index (χ2v) is 3.47. The van der Waals surface area contributed by atoms with Crippen LogP contribution in [0, 0.1) is 5.92 Å². The van der Waals surface area contributed by atoms with E-state index in [4.69, 9.17) is 5.73 Å². The summed E-state index contributed by atoms with van der Waals surface area (Å²) in [4.78, 5) is 4.06. The average Bonchev–Trinajstić information content (AvgIpc) is 2.34. The highest BCUT2D eigenvalue weighted by Crippen LogP contribution is 2.15. The van der Waals surface area contributed by atoms with E-state index in [1.807, 2.05) is 13.8 Å². The van der Waals surface area contributed by atoms with Crippen molar-refractivity contribution in [3.05, 3.63) is 10.6 Å². The normalized spacial score (nSPS) is 13.9. The first-order chi connectivity index (χ1) is 5.11. The molecule has 62 valence electrons. The zero-order chi connectivity index (χ0) is 8.43. The Hall–Kier alpha value is -0.420. The standard InChI is InChI=1S/C6H11BrN4/c1-3(2)4(8)5-9-6(7)11-10-5/h3-4H,8H2,1-2H3,(H,9,10,11)/t4-/m0/s1. The van der Waals surface area contributed by atoms with Crippen LogP contribution in [0.1, 0.15) is 25.7 Å². The van der Waals surface area contributed by atoms with Crippen LogP contribution in [-0.2, 0) is 0 Å². The minimum absolute atomic E-state index is 0.0613. The molecule has 5 heteroatoms. The van der Waals surface area contributed by atoms with E-state index in [2.05, 4.69) is 31.1 Å². The van der Waals surface area contributed by atoms with Gasteiger partial charge >= 0.3 is 0 Å². The second kappa shape index (κ2) is 3.32. The molecule has 4 nitrogen and oxygen atoms in total. The summed E-state index contributed by atoms with van der Waals surface area (Å²) in [5.41, 5.74) is 5.80. The molecule has 0 saturated heterocycles. The summed E-state index contributed by atoms with van der Waals surface area (Å²) in [6.45, 7) is 4.09. The fraction of sp³-hybridized carbons (Fsp3) is 0.667. The van der Waals surface area contributed by atoms with Crippen LogP contribution in [0.2, 0.25) is 0 Å². The van der Waals surface area contributed by atoms with E-state index in [0.717, 1.165) is 5.82 Å². The molecule has 0 radical (unpaired) electrons. The van der Waals surface area contributed by atoms with E-state index in [-0.39, 0.29) is 6.04 Å². The van der Waals surface area contributed by atoms with Crippen molar-refractivity contribution in [2.24, 2.45) is 11.7 Å². The van der Waals surface area contributed by atoms with Gasteiger partial charge in [-0.3, -0.25) is 5.10 Å². The number of H-pyrrole nitrogens is 1. The van der Waals surface area contributed by atoms with E-state index in [1.165, 1.54) is 0 Å². The van der Waals surface area contributed by atoms with Gasteiger partial charge in [-0.2, -0.15) is 0 Å². The number of hydrogen-bond acceptors (Lipinski definition) is 3. The molecule has 0 aliphatic rings. The quantitative estimate of drug-likeness (QED) is 0.785. The highest BCUT2D eigenvalue weighted by molar-refractivity contribution is 9.10. The lowest BCUT2D eigenvalue weighted by atomic mass is 10.1. The molecule has 0 saturated carbocycles. The molecule has 0 aliphatic carbocycles. The van der Waals surface area contributed by atoms with Crippen molar-refractivity contribution in [1.82, 2.24) is 15.2 Å². The Morgan fingerprint density at radius 1 is 1.55 bits per heavy atom. The fourth-order valence-electron chi connectivity index (χ4n) is 0.718. The minimum atomic E-state index is -0.0613. The Bertz CT molecular complexity index is 232. The van der Waals surface area contributed by atoms with E-state index in [0.29, 0.717) is 10.7 Å². The number of aromatic amines is 1. The Kier molecular flexibility index (Phi) is 2.62. The zero-order valence-corrected chi connectivity index (χ0v) is 8.09. The van der Waals surface area contributed by atoms with E-state index >= 15 is 0 Å². The van der Waals surface area contributed by atoms with Gasteiger partial charge < -0.3 is 5.73 Å². The van der Waals surface area contributed by atoms with Crippen molar-refractivity contribution < 1.29 is 0 Å². The van der Waals surface area contributed by atoms with Gasteiger partial charge in [-0.05, 0) is 21.8 Å². The minimum Gasteiger partial charge on any atom is -0.321 e. The fourth-order valence-corrected chi connectivity index (χ4v) is 0.997. The Labute approximate surface area is 73.7 Å². The SMILES string of the molecule is CC(C)[C@H](N)c1nc(Br)n[nH]1. The number of nitrogens with two attached hydrogens (primary N) is 1. The highest BCUT2D eigenvalue weighted by Gasteiger charge is 2.13. The van der Waals surface area contributed by atoms with Gasteiger partial charge in [0.25, 0.3) is 0 Å². The molecule has 11 heavy (non-hydrogen) atoms. The first-order valence-corrected chi connectivity index (χ1v) is 4.24. The van der Waals surface area contributed by atoms with E-state index in [9.17, 15) is 0 Å². The van der Waals surface area contributed by atoms with Crippen LogP contribution in [0.4, 0.5) is 0 Å². The third kappa shape index (κ3) is 2.00. The van der Waals surface area contributed by atoms with Crippen molar-refractivity contribution in [2.75, 3.05) is 0 Å². The molecule has 0 spiro atoms. The lowest BCUT2D eigenvalue weighted by molar-refractivity contribution is 0.491. The molecule has 1 aromatic rings. The Morgan fingerprint density at radius 2 is 2.18 bits per heavy atom. The second-order valence-electron chi connectivity index (χ2n) is 2.76. The largest absolute Gasteiger partial charge is 0.321 e. The van der Waals surface area contributed by atoms with Crippen molar-refractivity contribution in [3.8, 4) is 0 Å². The monoisotopic (exact) mass is 218 g/mol. The van der Waals surface area contributed by atoms with E-state index in [1.54, 1.807) is 0 Å². The number of nitrogens with zero attached hydrogens (tertiary/aromatic N) is 2. The third-order valence-electron chi connectivity index (χ3n) is 1.51. The molecule has 0 fully saturated rings. The maximum atomic E-state index is 5.80. The molecule has 0 unspecified atom stereocenters. The molecule has 1 rings (SSSR count). The summed E-state index contributed by atoms with van der Waals surface area (Å²) in [7, 11) is 0. The highest BCUT2D eigenvalue weighted by atomic mass is 79.9. The molecular weight excluding hydrogens is 208 g/mol. The van der Waals surface area contributed by atoms with Crippen LogP contribution in [-0.4, -0.2) is 15.2 Å². The van der Waals surface area contributed by atoms with Crippen molar-refractivity contribution in [1.29, 1.82) is 0 Å². The summed E-state index contributed by atoms with van der Waals surface area (Å²) in [5, 5.41) is 6.57.